The highest BCUT2D eigenvalue weighted by molar-refractivity contribution is 5.75. The molecule has 0 heterocycles. The van der Waals surface area contributed by atoms with Crippen molar-refractivity contribution in [3.63, 3.8) is 0 Å². The predicted molar refractivity (Wildman–Crippen MR) is 72.3 cm³/mol. The van der Waals surface area contributed by atoms with Gasteiger partial charge in [0.15, 0.2) is 0 Å². The van der Waals surface area contributed by atoms with Gasteiger partial charge in [0.1, 0.15) is 0 Å². The van der Waals surface area contributed by atoms with E-state index in [-0.39, 0.29) is 12.3 Å². The normalized spacial score (nSPS) is 12.4. The average molecular weight is 257 g/mol. The molecule has 0 aliphatic carbocycles. The number of aliphatic carboxylic acids is 1. The van der Waals surface area contributed by atoms with Gasteiger partial charge in [0.25, 0.3) is 0 Å². The third kappa shape index (κ3) is 10.1. The summed E-state index contributed by atoms with van der Waals surface area (Å²) in [5.41, 5.74) is 0. The summed E-state index contributed by atoms with van der Waals surface area (Å²) in [6, 6.07) is 0. The Bertz CT molecular complexity index is 251. The highest BCUT2D eigenvalue weighted by atomic mass is 16.4. The number of carboxylic acids is 1. The van der Waals surface area contributed by atoms with Gasteiger partial charge in [-0.15, -0.1) is 0 Å². The van der Waals surface area contributed by atoms with Crippen molar-refractivity contribution in [2.24, 2.45) is 11.8 Å². The number of carboxylic acid groups (broad SMARTS) is 1. The van der Waals surface area contributed by atoms with Crippen LogP contribution in [0.5, 0.6) is 0 Å². The first-order valence-electron chi connectivity index (χ1n) is 6.94. The quantitative estimate of drug-likeness (QED) is 0.632. The van der Waals surface area contributed by atoms with E-state index in [0.29, 0.717) is 31.2 Å². The summed E-state index contributed by atoms with van der Waals surface area (Å²) in [7, 11) is 0. The lowest BCUT2D eigenvalue weighted by molar-refractivity contribution is -0.137. The minimum atomic E-state index is -0.741. The highest BCUT2D eigenvalue weighted by Gasteiger charge is 2.09. The highest BCUT2D eigenvalue weighted by Crippen LogP contribution is 2.14. The van der Waals surface area contributed by atoms with E-state index >= 15 is 0 Å². The van der Waals surface area contributed by atoms with Crippen LogP contribution in [0.4, 0.5) is 0 Å². The zero-order valence-electron chi connectivity index (χ0n) is 11.9. The van der Waals surface area contributed by atoms with Gasteiger partial charge in [-0.25, -0.2) is 0 Å². The van der Waals surface area contributed by atoms with E-state index in [4.69, 9.17) is 5.11 Å². The van der Waals surface area contributed by atoms with Crippen molar-refractivity contribution < 1.29 is 14.7 Å². The summed E-state index contributed by atoms with van der Waals surface area (Å²) in [5, 5.41) is 11.5. The molecule has 0 aromatic carbocycles. The Kier molecular flexibility index (Phi) is 9.33. The van der Waals surface area contributed by atoms with Crippen molar-refractivity contribution in [2.75, 3.05) is 6.54 Å². The van der Waals surface area contributed by atoms with E-state index in [1.165, 1.54) is 0 Å². The van der Waals surface area contributed by atoms with Crippen LogP contribution < -0.4 is 5.32 Å². The molecule has 1 amide bonds. The van der Waals surface area contributed by atoms with E-state index < -0.39 is 5.97 Å². The van der Waals surface area contributed by atoms with E-state index in [9.17, 15) is 9.59 Å². The number of hydrogen-bond donors (Lipinski definition) is 2. The summed E-state index contributed by atoms with van der Waals surface area (Å²) in [6.45, 7) is 6.93. The van der Waals surface area contributed by atoms with Gasteiger partial charge in [0.05, 0.1) is 0 Å². The fourth-order valence-corrected chi connectivity index (χ4v) is 1.80. The second-order valence-electron chi connectivity index (χ2n) is 5.28. The number of amides is 1. The Morgan fingerprint density at radius 2 is 1.78 bits per heavy atom. The molecule has 1 unspecified atom stereocenters. The molecule has 0 saturated heterocycles. The summed E-state index contributed by atoms with van der Waals surface area (Å²) in [6.07, 6.45) is 4.27. The number of carbonyl (C=O) groups is 2. The third-order valence-electron chi connectivity index (χ3n) is 3.17. The third-order valence-corrected chi connectivity index (χ3v) is 3.17. The minimum absolute atomic E-state index is 0.108. The van der Waals surface area contributed by atoms with Crippen LogP contribution in [0.1, 0.15) is 59.3 Å². The van der Waals surface area contributed by atoms with Crippen molar-refractivity contribution >= 4 is 11.9 Å². The number of carbonyl (C=O) groups excluding carboxylic acids is 1. The molecule has 0 fully saturated rings. The van der Waals surface area contributed by atoms with Crippen molar-refractivity contribution in [1.29, 1.82) is 0 Å². The Labute approximate surface area is 110 Å². The van der Waals surface area contributed by atoms with Crippen LogP contribution in [0, 0.1) is 11.8 Å². The molecule has 0 aromatic heterocycles. The molecule has 0 spiro atoms. The minimum Gasteiger partial charge on any atom is -0.481 e. The van der Waals surface area contributed by atoms with Gasteiger partial charge in [0, 0.05) is 19.4 Å². The lowest BCUT2D eigenvalue weighted by atomic mass is 9.96. The van der Waals surface area contributed by atoms with Crippen molar-refractivity contribution in [1.82, 2.24) is 5.32 Å². The second-order valence-corrected chi connectivity index (χ2v) is 5.28. The number of nitrogens with one attached hydrogen (secondary N) is 1. The molecule has 18 heavy (non-hydrogen) atoms. The molecule has 4 nitrogen and oxygen atoms in total. The van der Waals surface area contributed by atoms with Crippen LogP contribution in [-0.2, 0) is 9.59 Å². The Balaban J connectivity index is 3.66. The second kappa shape index (κ2) is 9.92. The lowest BCUT2D eigenvalue weighted by Gasteiger charge is -2.14. The fraction of sp³-hybridized carbons (Fsp3) is 0.857. The fourth-order valence-electron chi connectivity index (χ4n) is 1.80. The van der Waals surface area contributed by atoms with E-state index in [1.807, 2.05) is 0 Å². The van der Waals surface area contributed by atoms with E-state index in [0.717, 1.165) is 19.3 Å². The maximum atomic E-state index is 11.5. The van der Waals surface area contributed by atoms with Crippen LogP contribution >= 0.6 is 0 Å². The summed E-state index contributed by atoms with van der Waals surface area (Å²) >= 11 is 0. The molecular formula is C14H27NO3. The van der Waals surface area contributed by atoms with Gasteiger partial charge in [-0.2, -0.15) is 0 Å². The van der Waals surface area contributed by atoms with Gasteiger partial charge in [0.2, 0.25) is 5.91 Å². The van der Waals surface area contributed by atoms with Crippen LogP contribution in [0.2, 0.25) is 0 Å². The molecule has 0 rings (SSSR count). The lowest BCUT2D eigenvalue weighted by Crippen LogP contribution is -2.26. The Morgan fingerprint density at radius 1 is 1.11 bits per heavy atom. The summed E-state index contributed by atoms with van der Waals surface area (Å²) in [4.78, 5) is 22.0. The van der Waals surface area contributed by atoms with Gasteiger partial charge in [-0.05, 0) is 31.1 Å². The molecule has 0 radical (unpaired) electrons. The maximum Gasteiger partial charge on any atom is 0.303 e. The average Bonchev–Trinajstić information content (AvgIpc) is 2.30. The molecule has 0 aliphatic heterocycles. The Morgan fingerprint density at radius 3 is 2.28 bits per heavy atom. The largest absolute Gasteiger partial charge is 0.481 e. The molecule has 0 saturated carbocycles. The number of rotatable bonds is 10. The van der Waals surface area contributed by atoms with Crippen LogP contribution in [0.3, 0.4) is 0 Å². The first kappa shape index (κ1) is 16.9. The molecule has 2 N–H and O–H groups in total. The molecular weight excluding hydrogens is 230 g/mol. The standard InChI is InChI=1S/C14H27NO3/c1-4-12(6-8-14(17)18)9-10-15-13(16)7-5-11(2)3/h11-12H,4-10H2,1-3H3,(H,15,16)(H,17,18). The zero-order valence-corrected chi connectivity index (χ0v) is 11.9. The van der Waals surface area contributed by atoms with Crippen LogP contribution in [0.25, 0.3) is 0 Å². The molecule has 0 bridgehead atoms. The smallest absolute Gasteiger partial charge is 0.303 e. The van der Waals surface area contributed by atoms with Gasteiger partial charge in [-0.1, -0.05) is 27.2 Å². The van der Waals surface area contributed by atoms with Gasteiger partial charge < -0.3 is 10.4 Å². The van der Waals surface area contributed by atoms with E-state index in [1.54, 1.807) is 0 Å². The van der Waals surface area contributed by atoms with Crippen LogP contribution in [0.15, 0.2) is 0 Å². The van der Waals surface area contributed by atoms with Gasteiger partial charge >= 0.3 is 5.97 Å². The van der Waals surface area contributed by atoms with Crippen LogP contribution in [-0.4, -0.2) is 23.5 Å². The SMILES string of the molecule is CCC(CCNC(=O)CCC(C)C)CCC(=O)O. The first-order valence-corrected chi connectivity index (χ1v) is 6.94. The predicted octanol–water partition coefficient (Wildman–Crippen LogP) is 2.82. The van der Waals surface area contributed by atoms with Gasteiger partial charge in [-0.3, -0.25) is 9.59 Å². The molecule has 4 heteroatoms. The molecule has 1 atom stereocenters. The molecule has 0 aliphatic rings. The number of hydrogen-bond acceptors (Lipinski definition) is 2. The van der Waals surface area contributed by atoms with Crippen molar-refractivity contribution in [2.45, 2.75) is 59.3 Å². The zero-order chi connectivity index (χ0) is 14.0. The Hall–Kier alpha value is -1.06. The van der Waals surface area contributed by atoms with Crippen molar-refractivity contribution in [3.05, 3.63) is 0 Å². The van der Waals surface area contributed by atoms with Crippen molar-refractivity contribution in [3.8, 4) is 0 Å². The topological polar surface area (TPSA) is 66.4 Å². The summed E-state index contributed by atoms with van der Waals surface area (Å²) in [5.74, 6) is 0.312. The maximum absolute atomic E-state index is 11.5. The first-order chi connectivity index (χ1) is 8.45. The molecule has 0 aromatic rings. The monoisotopic (exact) mass is 257 g/mol. The van der Waals surface area contributed by atoms with E-state index in [2.05, 4.69) is 26.1 Å². The molecule has 106 valence electrons. The summed E-state index contributed by atoms with van der Waals surface area (Å²) < 4.78 is 0.